The molecule has 2 N–H and O–H groups in total. The SMILES string of the molecule is C=C(C)C(=O)OCC(CCC[C@H]1CC[C@@]2(C)[C@@H](CC[C@@H]3[C@@H]2CC[C@]2(C)C([C@H](C)CCCC(C)C)CC[C@@H]32)C1)COC(=O)C(=C)CN. The molecule has 0 aromatic rings. The Morgan fingerprint density at radius 2 is 1.50 bits per heavy atom. The molecule has 0 amide bonds. The number of esters is 2. The van der Waals surface area contributed by atoms with Crippen LogP contribution in [0.2, 0.25) is 0 Å². The Balaban J connectivity index is 1.29. The first-order chi connectivity index (χ1) is 21.8. The highest BCUT2D eigenvalue weighted by Gasteiger charge is 2.60. The van der Waals surface area contributed by atoms with Gasteiger partial charge in [-0.15, -0.1) is 0 Å². The third-order valence-corrected chi connectivity index (χ3v) is 14.0. The third-order valence-electron chi connectivity index (χ3n) is 14.0. The predicted octanol–water partition coefficient (Wildman–Crippen LogP) is 9.69. The second-order valence-corrected chi connectivity index (χ2v) is 17.4. The molecular weight excluding hydrogens is 570 g/mol. The molecule has 2 unspecified atom stereocenters. The van der Waals surface area contributed by atoms with Crippen molar-refractivity contribution < 1.29 is 19.1 Å². The maximum Gasteiger partial charge on any atom is 0.334 e. The highest BCUT2D eigenvalue weighted by molar-refractivity contribution is 5.88. The molecule has 0 heterocycles. The van der Waals surface area contributed by atoms with Crippen LogP contribution in [0.3, 0.4) is 0 Å². The lowest BCUT2D eigenvalue weighted by atomic mass is 9.44. The van der Waals surface area contributed by atoms with Crippen LogP contribution < -0.4 is 5.73 Å². The summed E-state index contributed by atoms with van der Waals surface area (Å²) in [5, 5.41) is 0. The van der Waals surface area contributed by atoms with Gasteiger partial charge in [-0.2, -0.15) is 0 Å². The van der Waals surface area contributed by atoms with Gasteiger partial charge in [0.25, 0.3) is 0 Å². The van der Waals surface area contributed by atoms with E-state index >= 15 is 0 Å². The van der Waals surface area contributed by atoms with Crippen molar-refractivity contribution in [2.75, 3.05) is 19.8 Å². The Morgan fingerprint density at radius 3 is 2.17 bits per heavy atom. The van der Waals surface area contributed by atoms with Gasteiger partial charge < -0.3 is 15.2 Å². The van der Waals surface area contributed by atoms with Crippen molar-refractivity contribution in [3.63, 3.8) is 0 Å². The van der Waals surface area contributed by atoms with Crippen LogP contribution >= 0.6 is 0 Å². The minimum atomic E-state index is -0.465. The van der Waals surface area contributed by atoms with E-state index in [0.717, 1.165) is 60.2 Å². The smallest absolute Gasteiger partial charge is 0.334 e. The van der Waals surface area contributed by atoms with Crippen molar-refractivity contribution in [1.82, 2.24) is 0 Å². The fraction of sp³-hybridized carbons (Fsp3) is 0.854. The molecule has 0 aliphatic heterocycles. The average molecular weight is 640 g/mol. The summed E-state index contributed by atoms with van der Waals surface area (Å²) in [5.41, 5.74) is 7.28. The van der Waals surface area contributed by atoms with Crippen molar-refractivity contribution in [3.8, 4) is 0 Å². The summed E-state index contributed by atoms with van der Waals surface area (Å²) in [5.74, 6) is 6.20. The molecule has 4 rings (SSSR count). The van der Waals surface area contributed by atoms with E-state index in [0.29, 0.717) is 16.4 Å². The minimum absolute atomic E-state index is 0.0353. The van der Waals surface area contributed by atoms with Crippen LogP contribution in [0.15, 0.2) is 24.3 Å². The molecule has 0 aromatic heterocycles. The Morgan fingerprint density at radius 1 is 0.826 bits per heavy atom. The van der Waals surface area contributed by atoms with Crippen LogP contribution in [-0.2, 0) is 19.1 Å². The van der Waals surface area contributed by atoms with Crippen molar-refractivity contribution in [2.24, 2.45) is 69.8 Å². The van der Waals surface area contributed by atoms with E-state index in [4.69, 9.17) is 15.2 Å². The van der Waals surface area contributed by atoms with Gasteiger partial charge in [0.05, 0.1) is 13.2 Å². The molecule has 262 valence electrons. The molecule has 0 bridgehead atoms. The molecule has 5 heteroatoms. The summed E-state index contributed by atoms with van der Waals surface area (Å²) in [4.78, 5) is 24.2. The summed E-state index contributed by atoms with van der Waals surface area (Å²) >= 11 is 0. The van der Waals surface area contributed by atoms with E-state index in [9.17, 15) is 9.59 Å². The van der Waals surface area contributed by atoms with Gasteiger partial charge in [0.15, 0.2) is 0 Å². The van der Waals surface area contributed by atoms with Crippen LogP contribution in [0.5, 0.6) is 0 Å². The lowest BCUT2D eigenvalue weighted by Crippen LogP contribution is -2.53. The van der Waals surface area contributed by atoms with Crippen LogP contribution in [0.25, 0.3) is 0 Å². The predicted molar refractivity (Wildman–Crippen MR) is 189 cm³/mol. The monoisotopic (exact) mass is 640 g/mol. The Hall–Kier alpha value is -1.62. The van der Waals surface area contributed by atoms with E-state index in [2.05, 4.69) is 47.8 Å². The largest absolute Gasteiger partial charge is 0.462 e. The summed E-state index contributed by atoms with van der Waals surface area (Å²) in [7, 11) is 0. The molecule has 5 nitrogen and oxygen atoms in total. The Labute approximate surface area is 282 Å². The van der Waals surface area contributed by atoms with Crippen molar-refractivity contribution >= 4 is 11.9 Å². The molecule has 4 saturated carbocycles. The quantitative estimate of drug-likeness (QED) is 0.134. The summed E-state index contributed by atoms with van der Waals surface area (Å²) in [6.45, 7) is 22.3. The zero-order chi connectivity index (χ0) is 33.6. The summed E-state index contributed by atoms with van der Waals surface area (Å²) in [6.07, 6.45) is 20.2. The molecule has 0 radical (unpaired) electrons. The first-order valence-corrected chi connectivity index (χ1v) is 19.2. The van der Waals surface area contributed by atoms with Crippen molar-refractivity contribution in [1.29, 1.82) is 0 Å². The molecule has 46 heavy (non-hydrogen) atoms. The van der Waals surface area contributed by atoms with E-state index in [1.165, 1.54) is 83.5 Å². The van der Waals surface area contributed by atoms with Gasteiger partial charge in [0.2, 0.25) is 0 Å². The molecule has 0 aromatic carbocycles. The second-order valence-electron chi connectivity index (χ2n) is 17.4. The van der Waals surface area contributed by atoms with Crippen LogP contribution in [0, 0.1) is 64.1 Å². The van der Waals surface area contributed by atoms with E-state index in [-0.39, 0.29) is 31.2 Å². The molecule has 10 atom stereocenters. The topological polar surface area (TPSA) is 78.6 Å². The van der Waals surface area contributed by atoms with Gasteiger partial charge in [-0.3, -0.25) is 0 Å². The third kappa shape index (κ3) is 8.50. The van der Waals surface area contributed by atoms with Gasteiger partial charge in [0, 0.05) is 23.6 Å². The van der Waals surface area contributed by atoms with E-state index < -0.39 is 11.9 Å². The zero-order valence-electron chi connectivity index (χ0n) is 30.5. The van der Waals surface area contributed by atoms with Gasteiger partial charge in [-0.05, 0) is 129 Å². The lowest BCUT2D eigenvalue weighted by molar-refractivity contribution is -0.144. The number of hydrogen-bond acceptors (Lipinski definition) is 5. The number of hydrogen-bond donors (Lipinski definition) is 1. The van der Waals surface area contributed by atoms with Gasteiger partial charge in [0.1, 0.15) is 0 Å². The number of ether oxygens (including phenoxy) is 2. The molecule has 0 spiro atoms. The van der Waals surface area contributed by atoms with Crippen LogP contribution in [0.1, 0.15) is 138 Å². The number of carbonyl (C=O) groups excluding carboxylic acids is 2. The number of rotatable bonds is 16. The fourth-order valence-corrected chi connectivity index (χ4v) is 11.2. The van der Waals surface area contributed by atoms with Crippen LogP contribution in [0.4, 0.5) is 0 Å². The molecule has 4 aliphatic carbocycles. The van der Waals surface area contributed by atoms with Gasteiger partial charge in [-0.1, -0.05) is 79.9 Å². The van der Waals surface area contributed by atoms with Gasteiger partial charge >= 0.3 is 11.9 Å². The molecular formula is C41H69NO4. The highest BCUT2D eigenvalue weighted by Crippen LogP contribution is 2.68. The Bertz CT molecular complexity index is 1070. The second kappa shape index (κ2) is 16.2. The first-order valence-electron chi connectivity index (χ1n) is 19.2. The number of nitrogens with two attached hydrogens (primary N) is 1. The highest BCUT2D eigenvalue weighted by atomic mass is 16.5. The fourth-order valence-electron chi connectivity index (χ4n) is 11.2. The number of fused-ring (bicyclic) bond motifs is 5. The maximum absolute atomic E-state index is 12.2. The lowest BCUT2D eigenvalue weighted by Gasteiger charge is -2.61. The maximum atomic E-state index is 12.2. The first kappa shape index (κ1) is 37.2. The normalized spacial score (nSPS) is 35.0. The zero-order valence-corrected chi connectivity index (χ0v) is 30.5. The molecule has 4 aliphatic rings. The van der Waals surface area contributed by atoms with Crippen molar-refractivity contribution in [2.45, 2.75) is 138 Å². The van der Waals surface area contributed by atoms with Crippen molar-refractivity contribution in [3.05, 3.63) is 24.3 Å². The van der Waals surface area contributed by atoms with E-state index in [1.54, 1.807) is 6.92 Å². The van der Waals surface area contributed by atoms with Crippen LogP contribution in [-0.4, -0.2) is 31.7 Å². The number of carbonyl (C=O) groups is 2. The minimum Gasteiger partial charge on any atom is -0.462 e. The summed E-state index contributed by atoms with van der Waals surface area (Å²) in [6, 6.07) is 0. The van der Waals surface area contributed by atoms with E-state index in [1.807, 2.05) is 0 Å². The summed E-state index contributed by atoms with van der Waals surface area (Å²) < 4.78 is 10.9. The molecule has 4 fully saturated rings. The average Bonchev–Trinajstić information content (AvgIpc) is 3.38. The van der Waals surface area contributed by atoms with Gasteiger partial charge in [-0.25, -0.2) is 9.59 Å². The Kier molecular flexibility index (Phi) is 13.1. The standard InChI is InChI=1S/C41H69NO4/c1-27(2)11-9-12-29(5)35-17-18-36-34-16-15-33-23-31(19-21-40(33,7)37(34)20-22-41(35,36)8)13-10-14-32(25-45-38(43)28(3)4)26-46-39(44)30(6)24-42/h27,29,31-37H,3,6,9-26,42H2,1-2,4-5,7-8H3/t29-,31+,32?,33+,34+,35?,36+,37+,40+,41-/m1/s1. The molecule has 0 saturated heterocycles.